The zero-order valence-corrected chi connectivity index (χ0v) is 13.5. The van der Waals surface area contributed by atoms with Crippen LogP contribution in [-0.4, -0.2) is 24.0 Å². The number of anilines is 1. The molecule has 0 aliphatic carbocycles. The van der Waals surface area contributed by atoms with Gasteiger partial charge in [-0.3, -0.25) is 9.59 Å². The van der Waals surface area contributed by atoms with Crippen LogP contribution in [0.3, 0.4) is 0 Å². The summed E-state index contributed by atoms with van der Waals surface area (Å²) in [5, 5.41) is 5.57. The number of rotatable bonds is 6. The van der Waals surface area contributed by atoms with Gasteiger partial charge in [0.25, 0.3) is 0 Å². The molecule has 2 aromatic rings. The van der Waals surface area contributed by atoms with Crippen LogP contribution in [0, 0.1) is 0 Å². The van der Waals surface area contributed by atoms with Crippen LogP contribution in [0.2, 0.25) is 5.02 Å². The highest BCUT2D eigenvalue weighted by Crippen LogP contribution is 2.19. The largest absolute Gasteiger partial charge is 0.469 e. The number of hydrogen-bond acceptors (Lipinski definition) is 5. The maximum atomic E-state index is 11.9. The van der Waals surface area contributed by atoms with Crippen LogP contribution in [-0.2, 0) is 27.2 Å². The molecule has 1 N–H and O–H groups in total. The van der Waals surface area contributed by atoms with E-state index in [-0.39, 0.29) is 18.3 Å². The lowest BCUT2D eigenvalue weighted by Gasteiger charge is -2.04. The summed E-state index contributed by atoms with van der Waals surface area (Å²) in [4.78, 5) is 27.2. The van der Waals surface area contributed by atoms with E-state index in [0.717, 1.165) is 5.56 Å². The Morgan fingerprint density at radius 3 is 2.86 bits per heavy atom. The van der Waals surface area contributed by atoms with Crippen LogP contribution in [0.4, 0.5) is 5.13 Å². The van der Waals surface area contributed by atoms with E-state index in [1.165, 1.54) is 18.4 Å². The van der Waals surface area contributed by atoms with Gasteiger partial charge in [0.15, 0.2) is 5.13 Å². The van der Waals surface area contributed by atoms with Gasteiger partial charge < -0.3 is 10.1 Å². The van der Waals surface area contributed by atoms with E-state index in [1.807, 2.05) is 18.2 Å². The van der Waals surface area contributed by atoms with E-state index in [2.05, 4.69) is 15.0 Å². The maximum Gasteiger partial charge on any atom is 0.311 e. The number of halogens is 1. The highest BCUT2D eigenvalue weighted by atomic mass is 35.5. The first-order valence-corrected chi connectivity index (χ1v) is 7.88. The zero-order chi connectivity index (χ0) is 15.9. The van der Waals surface area contributed by atoms with Crippen molar-refractivity contribution in [2.24, 2.45) is 0 Å². The Balaban J connectivity index is 1.85. The molecule has 0 bridgehead atoms. The molecule has 0 spiro atoms. The third-order valence-corrected chi connectivity index (χ3v) is 4.11. The minimum absolute atomic E-state index is 0.0997. The Labute approximate surface area is 137 Å². The lowest BCUT2D eigenvalue weighted by atomic mass is 10.1. The molecule has 0 atom stereocenters. The molecule has 1 heterocycles. The standard InChI is InChI=1S/C15H15ClN2O3S/c1-21-14(20)8-11-9-22-15(17-11)18-13(19)7-6-10-4-2-3-5-12(10)16/h2-5,9H,6-8H2,1H3,(H,17,18,19). The van der Waals surface area contributed by atoms with Crippen molar-refractivity contribution in [3.8, 4) is 0 Å². The number of carbonyl (C=O) groups excluding carboxylic acids is 2. The van der Waals surface area contributed by atoms with Crippen molar-refractivity contribution in [1.29, 1.82) is 0 Å². The van der Waals surface area contributed by atoms with Crippen molar-refractivity contribution in [1.82, 2.24) is 4.98 Å². The van der Waals surface area contributed by atoms with Crippen LogP contribution in [0.1, 0.15) is 17.7 Å². The predicted molar refractivity (Wildman–Crippen MR) is 86.2 cm³/mol. The number of nitrogens with zero attached hydrogens (tertiary/aromatic N) is 1. The number of benzene rings is 1. The summed E-state index contributed by atoms with van der Waals surface area (Å²) in [5.74, 6) is -0.499. The first-order chi connectivity index (χ1) is 10.6. The van der Waals surface area contributed by atoms with Gasteiger partial charge in [-0.25, -0.2) is 4.98 Å². The first kappa shape index (κ1) is 16.5. The van der Waals surface area contributed by atoms with Crippen LogP contribution in [0.5, 0.6) is 0 Å². The average molecular weight is 339 g/mol. The molecule has 0 aliphatic heterocycles. The van der Waals surface area contributed by atoms with Crippen LogP contribution in [0.25, 0.3) is 0 Å². The minimum Gasteiger partial charge on any atom is -0.469 e. The fraction of sp³-hybridized carbons (Fsp3) is 0.267. The average Bonchev–Trinajstić information content (AvgIpc) is 2.93. The van der Waals surface area contributed by atoms with E-state index in [0.29, 0.717) is 28.7 Å². The fourth-order valence-corrected chi connectivity index (χ4v) is 2.75. The smallest absolute Gasteiger partial charge is 0.311 e. The van der Waals surface area contributed by atoms with Gasteiger partial charge in [0.05, 0.1) is 19.2 Å². The number of methoxy groups -OCH3 is 1. The molecular formula is C15H15ClN2O3S. The summed E-state index contributed by atoms with van der Waals surface area (Å²) in [6.07, 6.45) is 0.976. The third-order valence-electron chi connectivity index (χ3n) is 2.93. The molecule has 0 saturated carbocycles. The Bertz CT molecular complexity index is 672. The molecule has 22 heavy (non-hydrogen) atoms. The van der Waals surface area contributed by atoms with Gasteiger partial charge in [0.2, 0.25) is 5.91 Å². The van der Waals surface area contributed by atoms with Gasteiger partial charge in [-0.05, 0) is 18.1 Å². The molecule has 116 valence electrons. The minimum atomic E-state index is -0.359. The number of carbonyl (C=O) groups is 2. The lowest BCUT2D eigenvalue weighted by Crippen LogP contribution is -2.12. The summed E-state index contributed by atoms with van der Waals surface area (Å²) < 4.78 is 4.57. The van der Waals surface area contributed by atoms with Gasteiger partial charge in [-0.1, -0.05) is 29.8 Å². The van der Waals surface area contributed by atoms with E-state index in [4.69, 9.17) is 11.6 Å². The first-order valence-electron chi connectivity index (χ1n) is 6.63. The Kier molecular flexibility index (Phi) is 5.91. The number of ether oxygens (including phenoxy) is 1. The van der Waals surface area contributed by atoms with Crippen molar-refractivity contribution in [3.63, 3.8) is 0 Å². The second kappa shape index (κ2) is 7.91. The predicted octanol–water partition coefficient (Wildman–Crippen LogP) is 3.08. The molecule has 0 saturated heterocycles. The Hall–Kier alpha value is -1.92. The normalized spacial score (nSPS) is 10.3. The molecule has 0 aliphatic rings. The summed E-state index contributed by atoms with van der Waals surface area (Å²) in [6, 6.07) is 7.44. The molecular weight excluding hydrogens is 324 g/mol. The number of nitrogens with one attached hydrogen (secondary N) is 1. The number of thiazole rings is 1. The fourth-order valence-electron chi connectivity index (χ4n) is 1.80. The van der Waals surface area contributed by atoms with E-state index in [9.17, 15) is 9.59 Å². The van der Waals surface area contributed by atoms with E-state index < -0.39 is 0 Å². The second-order valence-electron chi connectivity index (χ2n) is 4.54. The summed E-state index contributed by atoms with van der Waals surface area (Å²) in [7, 11) is 1.33. The highest BCUT2D eigenvalue weighted by Gasteiger charge is 2.10. The molecule has 1 aromatic heterocycles. The van der Waals surface area contributed by atoms with Crippen LogP contribution in [0.15, 0.2) is 29.6 Å². The van der Waals surface area contributed by atoms with Crippen molar-refractivity contribution >= 4 is 39.9 Å². The number of amides is 1. The van der Waals surface area contributed by atoms with Gasteiger partial charge >= 0.3 is 5.97 Å². The van der Waals surface area contributed by atoms with Crippen molar-refractivity contribution < 1.29 is 14.3 Å². The Morgan fingerprint density at radius 2 is 2.14 bits per heavy atom. The number of aromatic nitrogens is 1. The maximum absolute atomic E-state index is 11.9. The quantitative estimate of drug-likeness (QED) is 0.822. The van der Waals surface area contributed by atoms with Gasteiger partial charge in [-0.15, -0.1) is 11.3 Å². The second-order valence-corrected chi connectivity index (χ2v) is 5.80. The number of hydrogen-bond donors (Lipinski definition) is 1. The van der Waals surface area contributed by atoms with Gasteiger partial charge in [0, 0.05) is 16.8 Å². The topological polar surface area (TPSA) is 68.3 Å². The molecule has 1 aromatic carbocycles. The van der Waals surface area contributed by atoms with E-state index in [1.54, 1.807) is 11.4 Å². The van der Waals surface area contributed by atoms with Gasteiger partial charge in [0.1, 0.15) is 0 Å². The molecule has 2 rings (SSSR count). The molecule has 0 unspecified atom stereocenters. The van der Waals surface area contributed by atoms with Crippen LogP contribution >= 0.6 is 22.9 Å². The highest BCUT2D eigenvalue weighted by molar-refractivity contribution is 7.13. The molecule has 7 heteroatoms. The summed E-state index contributed by atoms with van der Waals surface area (Å²) in [5.41, 5.74) is 1.52. The number of aryl methyl sites for hydroxylation is 1. The third kappa shape index (κ3) is 4.82. The SMILES string of the molecule is COC(=O)Cc1csc(NC(=O)CCc2ccccc2Cl)n1. The van der Waals surface area contributed by atoms with Crippen LogP contribution < -0.4 is 5.32 Å². The monoisotopic (exact) mass is 338 g/mol. The molecule has 1 amide bonds. The molecule has 5 nitrogen and oxygen atoms in total. The van der Waals surface area contributed by atoms with Crippen molar-refractivity contribution in [2.75, 3.05) is 12.4 Å². The van der Waals surface area contributed by atoms with E-state index >= 15 is 0 Å². The lowest BCUT2D eigenvalue weighted by molar-refractivity contribution is -0.139. The number of esters is 1. The summed E-state index contributed by atoms with van der Waals surface area (Å²) >= 11 is 7.33. The molecule has 0 fully saturated rings. The van der Waals surface area contributed by atoms with Crippen molar-refractivity contribution in [2.45, 2.75) is 19.3 Å². The van der Waals surface area contributed by atoms with Gasteiger partial charge in [-0.2, -0.15) is 0 Å². The summed E-state index contributed by atoms with van der Waals surface area (Å²) in [6.45, 7) is 0. The Morgan fingerprint density at radius 1 is 1.36 bits per heavy atom. The van der Waals surface area contributed by atoms with Crippen molar-refractivity contribution in [3.05, 3.63) is 45.9 Å². The molecule has 0 radical (unpaired) electrons. The zero-order valence-electron chi connectivity index (χ0n) is 12.0.